The third kappa shape index (κ3) is 12.1. The van der Waals surface area contributed by atoms with Crippen LogP contribution in [0.5, 0.6) is 0 Å². The molecule has 1 aromatic carbocycles. The third-order valence-corrected chi connectivity index (χ3v) is 13.1. The minimum Gasteiger partial charge on any atom is -0.385 e. The van der Waals surface area contributed by atoms with E-state index >= 15 is 0 Å². The van der Waals surface area contributed by atoms with Gasteiger partial charge in [0.2, 0.25) is 17.8 Å². The van der Waals surface area contributed by atoms with Crippen molar-refractivity contribution in [3.05, 3.63) is 85.6 Å². The molecule has 2 aliphatic rings. The molecule has 7 rings (SSSR count). The standard InChI is InChI=1S/C46H57N13O7S/c1-28-36-26-50-45(54-41(36)58(33-12-8-9-13-33)43(64)40(28)30(3)60)53-38-17-15-34(25-49-38)57-22-20-56(21-23-57)27-39(62)48-19-11-7-5-6-10-18-47-32-14-16-35(37(24-32)52-31(4)61)42(63)55-46-51-29(2)44(67-46)59(65)66/h14-17,24-26,33,47H,5-13,18-23,27H2,1-4H3,(H,48,62)(H,52,61)(H,51,55,63)(H,49,50,53,54). The fraction of sp³-hybridized carbons (Fsp3) is 0.457. The zero-order valence-electron chi connectivity index (χ0n) is 38.3. The summed E-state index contributed by atoms with van der Waals surface area (Å²) < 4.78 is 1.70. The van der Waals surface area contributed by atoms with Crippen LogP contribution in [-0.4, -0.2) is 104 Å². The van der Waals surface area contributed by atoms with Gasteiger partial charge in [-0.25, -0.2) is 15.0 Å². The molecule has 0 spiro atoms. The molecular formula is C46H57N13O7S. The molecule has 67 heavy (non-hydrogen) atoms. The molecule has 5 heterocycles. The predicted molar refractivity (Wildman–Crippen MR) is 259 cm³/mol. The Morgan fingerprint density at radius 2 is 1.61 bits per heavy atom. The van der Waals surface area contributed by atoms with Gasteiger partial charge < -0.3 is 26.2 Å². The molecule has 3 amide bonds. The lowest BCUT2D eigenvalue weighted by Crippen LogP contribution is -2.49. The number of hydrogen-bond acceptors (Lipinski definition) is 16. The highest BCUT2D eigenvalue weighted by Gasteiger charge is 2.27. The summed E-state index contributed by atoms with van der Waals surface area (Å²) in [6.07, 6.45) is 12.1. The zero-order chi connectivity index (χ0) is 47.6. The van der Waals surface area contributed by atoms with Crippen LogP contribution in [0.1, 0.15) is 110 Å². The number of Topliss-reactive ketones (excluding diaryl/α,β-unsaturated/α-hetero) is 1. The number of benzene rings is 1. The average Bonchev–Trinajstić information content (AvgIpc) is 3.96. The predicted octanol–water partition coefficient (Wildman–Crippen LogP) is 6.74. The largest absolute Gasteiger partial charge is 0.385 e. The van der Waals surface area contributed by atoms with Gasteiger partial charge in [0.1, 0.15) is 17.2 Å². The number of carbonyl (C=O) groups is 4. The topological polar surface area (TPSA) is 252 Å². The summed E-state index contributed by atoms with van der Waals surface area (Å²) >= 11 is 0.768. The molecule has 0 atom stereocenters. The number of nitro groups is 1. The van der Waals surface area contributed by atoms with Crippen molar-refractivity contribution in [2.45, 2.75) is 91.5 Å². The van der Waals surface area contributed by atoms with Crippen molar-refractivity contribution in [3.63, 3.8) is 0 Å². The fourth-order valence-electron chi connectivity index (χ4n) is 8.66. The van der Waals surface area contributed by atoms with Crippen LogP contribution in [0.15, 0.2) is 47.5 Å². The van der Waals surface area contributed by atoms with Crippen LogP contribution in [-0.2, 0) is 9.59 Å². The lowest BCUT2D eigenvalue weighted by molar-refractivity contribution is -0.380. The molecule has 1 saturated carbocycles. The van der Waals surface area contributed by atoms with Gasteiger partial charge in [0.15, 0.2) is 10.9 Å². The van der Waals surface area contributed by atoms with E-state index in [9.17, 15) is 34.1 Å². The van der Waals surface area contributed by atoms with E-state index in [4.69, 9.17) is 4.98 Å². The minimum atomic E-state index is -0.548. The second kappa shape index (κ2) is 22.1. The van der Waals surface area contributed by atoms with E-state index in [0.717, 1.165) is 107 Å². The van der Waals surface area contributed by atoms with E-state index in [2.05, 4.69) is 51.3 Å². The first kappa shape index (κ1) is 48.1. The number of rotatable bonds is 20. The molecule has 21 heteroatoms. The number of thiazole rings is 1. The molecule has 5 N–H and O–H groups in total. The van der Waals surface area contributed by atoms with E-state index in [1.54, 1.807) is 42.1 Å². The Hall–Kier alpha value is -6.87. The number of hydrogen-bond donors (Lipinski definition) is 5. The fourth-order valence-corrected chi connectivity index (χ4v) is 9.43. The third-order valence-electron chi connectivity index (χ3n) is 12.1. The van der Waals surface area contributed by atoms with E-state index in [1.165, 1.54) is 20.8 Å². The number of ketones is 1. The van der Waals surface area contributed by atoms with Gasteiger partial charge in [0, 0.05) is 69.5 Å². The number of nitrogens with one attached hydrogen (secondary N) is 5. The van der Waals surface area contributed by atoms with E-state index < -0.39 is 10.8 Å². The number of piperazine rings is 1. The lowest BCUT2D eigenvalue weighted by Gasteiger charge is -2.35. The van der Waals surface area contributed by atoms with Gasteiger partial charge in [-0.2, -0.15) is 4.98 Å². The smallest absolute Gasteiger partial charge is 0.348 e. The number of aryl methyl sites for hydroxylation is 2. The van der Waals surface area contributed by atoms with Crippen LogP contribution in [0.3, 0.4) is 0 Å². The number of pyridine rings is 2. The Morgan fingerprint density at radius 1 is 0.881 bits per heavy atom. The number of fused-ring (bicyclic) bond motifs is 1. The maximum absolute atomic E-state index is 13.6. The number of nitrogens with zero attached hydrogens (tertiary/aromatic N) is 8. The summed E-state index contributed by atoms with van der Waals surface area (Å²) in [5, 5.41) is 26.7. The van der Waals surface area contributed by atoms with Gasteiger partial charge in [-0.3, -0.25) is 48.9 Å². The molecule has 1 aliphatic heterocycles. The normalized spacial score (nSPS) is 14.2. The van der Waals surface area contributed by atoms with Crippen molar-refractivity contribution in [3.8, 4) is 0 Å². The summed E-state index contributed by atoms with van der Waals surface area (Å²) in [6, 6.07) is 8.86. The maximum atomic E-state index is 13.6. The van der Waals surface area contributed by atoms with E-state index in [-0.39, 0.29) is 56.2 Å². The van der Waals surface area contributed by atoms with Gasteiger partial charge in [-0.05, 0) is 93.7 Å². The molecule has 5 aromatic rings. The van der Waals surface area contributed by atoms with Crippen LogP contribution in [0.2, 0.25) is 0 Å². The van der Waals surface area contributed by atoms with Crippen molar-refractivity contribution < 1.29 is 24.1 Å². The second-order valence-electron chi connectivity index (χ2n) is 17.0. The summed E-state index contributed by atoms with van der Waals surface area (Å²) in [6.45, 7) is 10.7. The number of amides is 3. The SMILES string of the molecule is CC(=O)Nc1cc(NCCCCCCCNC(=O)CN2CCN(c3ccc(Nc4ncc5c(C)c(C(C)=O)c(=O)n(C6CCCC6)c5n4)nc3)CC2)ccc1C(=O)Nc1nc(C)c([N+](=O)[O-])s1. The summed E-state index contributed by atoms with van der Waals surface area (Å²) in [5.41, 5.74) is 3.45. The Morgan fingerprint density at radius 3 is 2.28 bits per heavy atom. The molecule has 0 unspecified atom stereocenters. The van der Waals surface area contributed by atoms with Gasteiger partial charge in [-0.1, -0.05) is 32.1 Å². The first-order valence-electron chi connectivity index (χ1n) is 22.7. The lowest BCUT2D eigenvalue weighted by atomic mass is 10.0. The Bertz CT molecular complexity index is 2690. The van der Waals surface area contributed by atoms with Crippen molar-refractivity contribution >= 4 is 84.8 Å². The maximum Gasteiger partial charge on any atom is 0.348 e. The van der Waals surface area contributed by atoms with Gasteiger partial charge >= 0.3 is 5.00 Å². The Kier molecular flexibility index (Phi) is 15.8. The monoisotopic (exact) mass is 935 g/mol. The first-order chi connectivity index (χ1) is 32.2. The number of anilines is 6. The first-order valence-corrected chi connectivity index (χ1v) is 23.6. The molecule has 354 valence electrons. The molecule has 0 radical (unpaired) electrons. The summed E-state index contributed by atoms with van der Waals surface area (Å²) in [5.74, 6) is -0.247. The highest BCUT2D eigenvalue weighted by Crippen LogP contribution is 2.33. The molecular weight excluding hydrogens is 879 g/mol. The van der Waals surface area contributed by atoms with Crippen LogP contribution in [0, 0.1) is 24.0 Å². The van der Waals surface area contributed by atoms with Crippen LogP contribution < -0.4 is 37.0 Å². The van der Waals surface area contributed by atoms with E-state index in [1.807, 2.05) is 12.1 Å². The molecule has 1 aliphatic carbocycles. The van der Waals surface area contributed by atoms with Crippen molar-refractivity contribution in [2.24, 2.45) is 0 Å². The molecule has 1 saturated heterocycles. The minimum absolute atomic E-state index is 0.00667. The van der Waals surface area contributed by atoms with Gasteiger partial charge in [0.25, 0.3) is 11.5 Å². The zero-order valence-corrected chi connectivity index (χ0v) is 39.1. The Balaban J connectivity index is 0.781. The van der Waals surface area contributed by atoms with Crippen LogP contribution in [0.25, 0.3) is 11.0 Å². The Labute approximate surface area is 391 Å². The highest BCUT2D eigenvalue weighted by molar-refractivity contribution is 7.19. The molecule has 2 fully saturated rings. The molecule has 0 bridgehead atoms. The molecule has 4 aromatic heterocycles. The summed E-state index contributed by atoms with van der Waals surface area (Å²) in [7, 11) is 0. The quantitative estimate of drug-likeness (QED) is 0.0235. The number of aromatic nitrogens is 5. The van der Waals surface area contributed by atoms with E-state index in [0.29, 0.717) is 53.7 Å². The van der Waals surface area contributed by atoms with Crippen LogP contribution >= 0.6 is 11.3 Å². The number of carbonyl (C=O) groups excluding carboxylic acids is 4. The van der Waals surface area contributed by atoms with Gasteiger partial charge in [0.05, 0.1) is 40.2 Å². The highest BCUT2D eigenvalue weighted by atomic mass is 32.1. The molecule has 20 nitrogen and oxygen atoms in total. The number of unbranched alkanes of at least 4 members (excludes halogenated alkanes) is 4. The second-order valence-corrected chi connectivity index (χ2v) is 18.0. The summed E-state index contributed by atoms with van der Waals surface area (Å²) in [4.78, 5) is 96.7. The van der Waals surface area contributed by atoms with Crippen LogP contribution in [0.4, 0.5) is 39.0 Å². The van der Waals surface area contributed by atoms with Gasteiger partial charge in [-0.15, -0.1) is 0 Å². The van der Waals surface area contributed by atoms with Crippen molar-refractivity contribution in [2.75, 3.05) is 72.0 Å². The average molecular weight is 936 g/mol. The van der Waals surface area contributed by atoms with Crippen molar-refractivity contribution in [1.29, 1.82) is 0 Å². The van der Waals surface area contributed by atoms with Crippen molar-refractivity contribution in [1.82, 2.24) is 34.7 Å².